The van der Waals surface area contributed by atoms with E-state index in [-0.39, 0.29) is 49.1 Å². The Morgan fingerprint density at radius 2 is 1.51 bits per heavy atom. The van der Waals surface area contributed by atoms with Crippen LogP contribution in [0.15, 0.2) is 97.1 Å². The summed E-state index contributed by atoms with van der Waals surface area (Å²) in [4.78, 5) is 15.8. The number of ether oxygens (including phenoxy) is 6. The maximum atomic E-state index is 13.8. The minimum atomic E-state index is -0.388. The molecule has 9 heteroatoms. The molecule has 2 fully saturated rings. The van der Waals surface area contributed by atoms with E-state index in [0.29, 0.717) is 39.5 Å². The number of hydrogen-bond acceptors (Lipinski definition) is 7. The predicted molar refractivity (Wildman–Crippen MR) is 180 cm³/mol. The van der Waals surface area contributed by atoms with Gasteiger partial charge in [0.2, 0.25) is 0 Å². The molecule has 3 aromatic carbocycles. The van der Waals surface area contributed by atoms with Gasteiger partial charge in [0.25, 0.3) is 0 Å². The van der Waals surface area contributed by atoms with Crippen molar-refractivity contribution in [1.82, 2.24) is 10.2 Å². The van der Waals surface area contributed by atoms with Gasteiger partial charge in [-0.15, -0.1) is 0 Å². The van der Waals surface area contributed by atoms with Crippen molar-refractivity contribution in [3.8, 4) is 5.75 Å². The molecule has 2 amide bonds. The van der Waals surface area contributed by atoms with Gasteiger partial charge in [0, 0.05) is 19.1 Å². The summed E-state index contributed by atoms with van der Waals surface area (Å²) in [7, 11) is 3.24. The van der Waals surface area contributed by atoms with Crippen LogP contribution in [0.3, 0.4) is 0 Å². The van der Waals surface area contributed by atoms with Crippen LogP contribution < -0.4 is 10.1 Å². The molecule has 0 aliphatic carbocycles. The molecule has 2 aliphatic heterocycles. The van der Waals surface area contributed by atoms with Crippen molar-refractivity contribution in [2.24, 2.45) is 5.92 Å². The van der Waals surface area contributed by atoms with E-state index in [2.05, 4.69) is 36.5 Å². The number of carbonyl (C=O) groups excluding carboxylic acids is 1. The van der Waals surface area contributed by atoms with Gasteiger partial charge in [0.1, 0.15) is 12.5 Å². The van der Waals surface area contributed by atoms with Crippen molar-refractivity contribution in [3.05, 3.63) is 114 Å². The highest BCUT2D eigenvalue weighted by Gasteiger charge is 2.48. The Morgan fingerprint density at radius 3 is 2.19 bits per heavy atom. The van der Waals surface area contributed by atoms with Crippen molar-refractivity contribution >= 4 is 6.03 Å². The van der Waals surface area contributed by atoms with Gasteiger partial charge in [-0.1, -0.05) is 91.9 Å². The highest BCUT2D eigenvalue weighted by molar-refractivity contribution is 5.76. The average molecular weight is 645 g/mol. The van der Waals surface area contributed by atoms with E-state index in [1.165, 1.54) is 0 Å². The summed E-state index contributed by atoms with van der Waals surface area (Å²) in [6.07, 6.45) is 4.92. The SMILES string of the molecule is COCO[C@H](/C=C/COCc1ccc(OC)cc1)[C@H]1C[C@H]2C[C@H](OCc3ccccc3)[C@H](C)[C@@H](COCc3ccccc3)N2C(=O)N1. The molecule has 0 aromatic heterocycles. The van der Waals surface area contributed by atoms with E-state index >= 15 is 0 Å². The highest BCUT2D eigenvalue weighted by atomic mass is 16.7. The van der Waals surface area contributed by atoms with Crippen molar-refractivity contribution in [3.63, 3.8) is 0 Å². The Kier molecular flexibility index (Phi) is 13.2. The number of amides is 2. The third-order valence-electron chi connectivity index (χ3n) is 8.97. The zero-order valence-electron chi connectivity index (χ0n) is 27.7. The number of carbonyl (C=O) groups is 1. The molecule has 2 saturated heterocycles. The van der Waals surface area contributed by atoms with Crippen molar-refractivity contribution in [2.45, 2.75) is 69.9 Å². The molecule has 1 N–H and O–H groups in total. The Balaban J connectivity index is 1.24. The number of fused-ring (bicyclic) bond motifs is 1. The van der Waals surface area contributed by atoms with Crippen LogP contribution in [0.1, 0.15) is 36.5 Å². The summed E-state index contributed by atoms with van der Waals surface area (Å²) in [6, 6.07) is 27.6. The minimum Gasteiger partial charge on any atom is -0.497 e. The molecule has 2 heterocycles. The summed E-state index contributed by atoms with van der Waals surface area (Å²) in [5, 5.41) is 3.24. The lowest BCUT2D eigenvalue weighted by Gasteiger charge is -2.52. The summed E-state index contributed by atoms with van der Waals surface area (Å²) < 4.78 is 35.2. The van der Waals surface area contributed by atoms with Gasteiger partial charge in [-0.05, 0) is 41.7 Å². The first-order chi connectivity index (χ1) is 23.1. The third-order valence-corrected chi connectivity index (χ3v) is 8.97. The maximum absolute atomic E-state index is 13.8. The zero-order chi connectivity index (χ0) is 32.8. The minimum absolute atomic E-state index is 0.0337. The number of hydrogen-bond donors (Lipinski definition) is 1. The molecule has 9 nitrogen and oxygen atoms in total. The van der Waals surface area contributed by atoms with Crippen molar-refractivity contribution < 1.29 is 33.2 Å². The fourth-order valence-electron chi connectivity index (χ4n) is 6.41. The lowest BCUT2D eigenvalue weighted by Crippen LogP contribution is -2.68. The summed E-state index contributed by atoms with van der Waals surface area (Å²) in [5.74, 6) is 0.892. The number of benzene rings is 3. The Labute approximate surface area is 278 Å². The van der Waals surface area contributed by atoms with E-state index < -0.39 is 0 Å². The number of rotatable bonds is 17. The zero-order valence-corrected chi connectivity index (χ0v) is 27.7. The van der Waals surface area contributed by atoms with E-state index in [4.69, 9.17) is 28.4 Å². The second kappa shape index (κ2) is 18.0. The number of methoxy groups -OCH3 is 2. The number of urea groups is 1. The largest absolute Gasteiger partial charge is 0.497 e. The summed E-state index contributed by atoms with van der Waals surface area (Å²) in [6.45, 7) is 4.59. The maximum Gasteiger partial charge on any atom is 0.318 e. The number of nitrogens with one attached hydrogen (secondary N) is 1. The van der Waals surface area contributed by atoms with Crippen LogP contribution in [0.5, 0.6) is 5.75 Å². The average Bonchev–Trinajstić information content (AvgIpc) is 3.10. The molecule has 3 aromatic rings. The molecular formula is C38H48N2O7. The summed E-state index contributed by atoms with van der Waals surface area (Å²) in [5.41, 5.74) is 3.29. The van der Waals surface area contributed by atoms with Gasteiger partial charge in [-0.2, -0.15) is 0 Å². The number of piperidine rings is 1. The molecule has 6 atom stereocenters. The summed E-state index contributed by atoms with van der Waals surface area (Å²) >= 11 is 0. The smallest absolute Gasteiger partial charge is 0.318 e. The van der Waals surface area contributed by atoms with Gasteiger partial charge < -0.3 is 38.6 Å². The quantitative estimate of drug-likeness (QED) is 0.108. The lowest BCUT2D eigenvalue weighted by atomic mass is 9.80. The first-order valence-corrected chi connectivity index (χ1v) is 16.4. The topological polar surface area (TPSA) is 87.7 Å². The van der Waals surface area contributed by atoms with Crippen LogP contribution in [0.4, 0.5) is 4.79 Å². The number of nitrogens with zero attached hydrogens (tertiary/aromatic N) is 1. The molecule has 0 saturated carbocycles. The molecule has 0 radical (unpaired) electrons. The lowest BCUT2D eigenvalue weighted by molar-refractivity contribution is -0.108. The van der Waals surface area contributed by atoms with Gasteiger partial charge in [0.05, 0.1) is 64.4 Å². The highest BCUT2D eigenvalue weighted by Crippen LogP contribution is 2.36. The first-order valence-electron chi connectivity index (χ1n) is 16.4. The Morgan fingerprint density at radius 1 is 0.851 bits per heavy atom. The van der Waals surface area contributed by atoms with Crippen LogP contribution in [-0.2, 0) is 43.5 Å². The van der Waals surface area contributed by atoms with Crippen molar-refractivity contribution in [2.75, 3.05) is 34.2 Å². The van der Waals surface area contributed by atoms with Gasteiger partial charge in [-0.25, -0.2) is 4.79 Å². The fraction of sp³-hybridized carbons (Fsp3) is 0.447. The van der Waals surface area contributed by atoms with Crippen LogP contribution in [0.2, 0.25) is 0 Å². The second-order valence-electron chi connectivity index (χ2n) is 12.2. The van der Waals surface area contributed by atoms with Crippen LogP contribution in [0.25, 0.3) is 0 Å². The van der Waals surface area contributed by atoms with Gasteiger partial charge in [0.15, 0.2) is 0 Å². The molecule has 0 bridgehead atoms. The predicted octanol–water partition coefficient (Wildman–Crippen LogP) is 6.12. The first kappa shape index (κ1) is 34.6. The molecule has 47 heavy (non-hydrogen) atoms. The molecule has 2 aliphatic rings. The standard InChI is InChI=1S/C38H48N2O7/c1-28-35(26-45-24-29-11-6-4-7-12-29)40-32(22-37(28)46-25-30-13-8-5-9-14-30)21-34(39-38(40)41)36(47-27-42-2)15-10-20-44-23-31-16-18-33(43-3)19-17-31/h4-19,28,32,34-37H,20-27H2,1-3H3,(H,39,41)/b15-10+/t28-,32+,34-,35-,36-,37+/m1/s1. The van der Waals surface area contributed by atoms with Crippen LogP contribution >= 0.6 is 0 Å². The van der Waals surface area contributed by atoms with E-state index in [1.807, 2.05) is 77.7 Å². The normalized spacial score (nSPS) is 23.3. The van der Waals surface area contributed by atoms with Crippen LogP contribution in [0, 0.1) is 5.92 Å². The van der Waals surface area contributed by atoms with E-state index in [9.17, 15) is 4.79 Å². The molecule has 252 valence electrons. The van der Waals surface area contributed by atoms with Gasteiger partial charge >= 0.3 is 6.03 Å². The molecular weight excluding hydrogens is 596 g/mol. The van der Waals surface area contributed by atoms with E-state index in [0.717, 1.165) is 28.9 Å². The Hall–Kier alpha value is -3.73. The monoisotopic (exact) mass is 644 g/mol. The molecule has 0 spiro atoms. The molecule has 5 rings (SSSR count). The van der Waals surface area contributed by atoms with E-state index in [1.54, 1.807) is 14.2 Å². The molecule has 0 unspecified atom stereocenters. The third kappa shape index (κ3) is 9.89. The van der Waals surface area contributed by atoms with Crippen LogP contribution in [-0.4, -0.2) is 75.5 Å². The Bertz CT molecular complexity index is 1370. The second-order valence-corrected chi connectivity index (χ2v) is 12.2. The van der Waals surface area contributed by atoms with Crippen molar-refractivity contribution in [1.29, 1.82) is 0 Å². The van der Waals surface area contributed by atoms with Gasteiger partial charge in [-0.3, -0.25) is 0 Å². The fourth-order valence-corrected chi connectivity index (χ4v) is 6.41.